The Morgan fingerprint density at radius 1 is 1.22 bits per heavy atom. The molecule has 2 aromatic heterocycles. The summed E-state index contributed by atoms with van der Waals surface area (Å²) >= 11 is 1.51. The summed E-state index contributed by atoms with van der Waals surface area (Å²) in [5, 5.41) is 20.2. The Morgan fingerprint density at radius 3 is 2.84 bits per heavy atom. The summed E-state index contributed by atoms with van der Waals surface area (Å²) in [4.78, 5) is 21.2. The van der Waals surface area contributed by atoms with Crippen molar-refractivity contribution < 1.29 is 4.74 Å². The van der Waals surface area contributed by atoms with Gasteiger partial charge >= 0.3 is 0 Å². The van der Waals surface area contributed by atoms with Gasteiger partial charge in [0.2, 0.25) is 0 Å². The molecule has 2 saturated heterocycles. The van der Waals surface area contributed by atoms with Crippen LogP contribution in [0, 0.1) is 10.8 Å². The Bertz CT molecular complexity index is 1070. The summed E-state index contributed by atoms with van der Waals surface area (Å²) in [7, 11) is 0. The van der Waals surface area contributed by atoms with Gasteiger partial charge in [-0.1, -0.05) is 12.1 Å². The number of nitrogens with zero attached hydrogens (tertiary/aromatic N) is 7. The molecule has 5 rings (SSSR count). The Hall–Kier alpha value is -2.72. The molecule has 4 heterocycles. The van der Waals surface area contributed by atoms with E-state index in [0.29, 0.717) is 13.0 Å². The van der Waals surface area contributed by atoms with Crippen LogP contribution in [0.5, 0.6) is 0 Å². The van der Waals surface area contributed by atoms with Crippen molar-refractivity contribution in [2.24, 2.45) is 11.1 Å². The predicted octanol–water partition coefficient (Wildman–Crippen LogP) is 3.61. The van der Waals surface area contributed by atoms with Gasteiger partial charge in [-0.3, -0.25) is 0 Å². The summed E-state index contributed by atoms with van der Waals surface area (Å²) in [6.45, 7) is 6.81. The Labute approximate surface area is 190 Å². The van der Waals surface area contributed by atoms with E-state index in [2.05, 4.69) is 53.6 Å². The van der Waals surface area contributed by atoms with Crippen LogP contribution in [-0.4, -0.2) is 59.8 Å². The molecule has 2 aliphatic rings. The molecule has 0 aliphatic carbocycles. The maximum Gasteiger partial charge on any atom is 0.162 e. The van der Waals surface area contributed by atoms with Gasteiger partial charge in [-0.15, -0.1) is 26.4 Å². The average Bonchev–Trinajstić information content (AvgIpc) is 3.41. The van der Waals surface area contributed by atoms with Crippen LogP contribution in [0.4, 0.5) is 11.5 Å². The zero-order chi connectivity index (χ0) is 22.0. The molecule has 0 radical (unpaired) electrons. The number of hydrogen-bond acceptors (Lipinski definition) is 10. The summed E-state index contributed by atoms with van der Waals surface area (Å²) in [5.41, 5.74) is 1.16. The zero-order valence-electron chi connectivity index (χ0n) is 18.2. The number of aromatic nitrogens is 4. The highest BCUT2D eigenvalue weighted by Crippen LogP contribution is 2.43. The van der Waals surface area contributed by atoms with Crippen LogP contribution in [-0.2, 0) is 10.3 Å². The summed E-state index contributed by atoms with van der Waals surface area (Å²) < 4.78 is 5.47. The van der Waals surface area contributed by atoms with Gasteiger partial charge in [0.15, 0.2) is 11.4 Å². The fourth-order valence-electron chi connectivity index (χ4n) is 5.00. The molecule has 2 atom stereocenters. The molecule has 168 valence electrons. The lowest BCUT2D eigenvalue weighted by Gasteiger charge is -2.40. The number of morpholine rings is 1. The fraction of sp³-hybridized carbons (Fsp3) is 0.545. The molecule has 2 fully saturated rings. The second kappa shape index (κ2) is 9.03. The third kappa shape index (κ3) is 3.71. The molecule has 0 N–H and O–H groups in total. The van der Waals surface area contributed by atoms with E-state index in [1.54, 1.807) is 6.20 Å². The van der Waals surface area contributed by atoms with Crippen molar-refractivity contribution >= 4 is 33.7 Å². The zero-order valence-corrected chi connectivity index (χ0v) is 19.0. The number of benzene rings is 1. The Balaban J connectivity index is 1.45. The Morgan fingerprint density at radius 2 is 2.09 bits per heavy atom. The van der Waals surface area contributed by atoms with Gasteiger partial charge in [-0.05, 0) is 42.7 Å². The van der Waals surface area contributed by atoms with Crippen molar-refractivity contribution in [2.45, 2.75) is 31.7 Å². The molecule has 10 heteroatoms. The lowest BCUT2D eigenvalue weighted by molar-refractivity contribution is 0.122. The van der Waals surface area contributed by atoms with E-state index in [1.165, 1.54) is 11.3 Å². The molecule has 1 aromatic carbocycles. The maximum atomic E-state index is 12.1. The third-order valence-corrected chi connectivity index (χ3v) is 7.73. The van der Waals surface area contributed by atoms with Crippen molar-refractivity contribution in [3.63, 3.8) is 0 Å². The quantitative estimate of drug-likeness (QED) is 0.522. The second-order valence-electron chi connectivity index (χ2n) is 8.41. The minimum atomic E-state index is -0.799. The van der Waals surface area contributed by atoms with Crippen LogP contribution in [0.1, 0.15) is 31.2 Å². The topological polar surface area (TPSA) is 96.7 Å². The van der Waals surface area contributed by atoms with Gasteiger partial charge in [0, 0.05) is 54.7 Å². The first-order valence-corrected chi connectivity index (χ1v) is 12.1. The molecule has 0 amide bonds. The summed E-state index contributed by atoms with van der Waals surface area (Å²) in [6, 6.07) is 6.30. The minimum absolute atomic E-state index is 0.0718. The lowest BCUT2D eigenvalue weighted by atomic mass is 9.78. The lowest BCUT2D eigenvalue weighted by Crippen LogP contribution is -2.45. The van der Waals surface area contributed by atoms with E-state index in [-0.39, 0.29) is 5.92 Å². The number of fused-ring (bicyclic) bond motifs is 1. The molecular formula is C22H27N7O2S. The third-order valence-electron chi connectivity index (χ3n) is 6.79. The van der Waals surface area contributed by atoms with Crippen LogP contribution < -0.4 is 9.80 Å². The number of rotatable bonds is 6. The van der Waals surface area contributed by atoms with Gasteiger partial charge in [0.25, 0.3) is 0 Å². The molecule has 32 heavy (non-hydrogen) atoms. The van der Waals surface area contributed by atoms with E-state index >= 15 is 0 Å². The van der Waals surface area contributed by atoms with Crippen LogP contribution in [0.3, 0.4) is 0 Å². The van der Waals surface area contributed by atoms with Crippen molar-refractivity contribution in [1.82, 2.24) is 20.4 Å². The van der Waals surface area contributed by atoms with Crippen molar-refractivity contribution in [3.05, 3.63) is 39.7 Å². The fourth-order valence-corrected chi connectivity index (χ4v) is 5.92. The molecular weight excluding hydrogens is 426 g/mol. The molecule has 9 nitrogen and oxygen atoms in total. The number of nitroso groups, excluding NO2 is 1. The number of piperidine rings is 1. The molecule has 2 aliphatic heterocycles. The molecule has 0 bridgehead atoms. The van der Waals surface area contributed by atoms with Crippen LogP contribution in [0.2, 0.25) is 0 Å². The van der Waals surface area contributed by atoms with Gasteiger partial charge in [-0.2, -0.15) is 0 Å². The van der Waals surface area contributed by atoms with Crippen LogP contribution in [0.25, 0.3) is 10.9 Å². The number of hydrogen-bond donors (Lipinski definition) is 0. The van der Waals surface area contributed by atoms with Crippen molar-refractivity contribution in [3.8, 4) is 0 Å². The molecule has 0 saturated carbocycles. The number of thiazole rings is 1. The second-order valence-corrected chi connectivity index (χ2v) is 9.30. The van der Waals surface area contributed by atoms with Crippen molar-refractivity contribution in [2.75, 3.05) is 49.2 Å². The first kappa shape index (κ1) is 21.1. The molecule has 0 spiro atoms. The van der Waals surface area contributed by atoms with E-state index < -0.39 is 5.54 Å². The van der Waals surface area contributed by atoms with E-state index in [1.807, 2.05) is 12.3 Å². The van der Waals surface area contributed by atoms with Gasteiger partial charge in [-0.25, -0.2) is 4.98 Å². The largest absolute Gasteiger partial charge is 0.378 e. The van der Waals surface area contributed by atoms with Gasteiger partial charge in [0.05, 0.1) is 13.2 Å². The highest BCUT2D eigenvalue weighted by Gasteiger charge is 2.45. The SMILES string of the molecule is CCC(N=O)(c1nccs1)C1CCCN(c2nnnc3cc(N4CCOCC4)ccc23)C1. The normalized spacial score (nSPS) is 21.5. The predicted molar refractivity (Wildman–Crippen MR) is 125 cm³/mol. The van der Waals surface area contributed by atoms with Crippen molar-refractivity contribution in [1.29, 1.82) is 0 Å². The maximum absolute atomic E-state index is 12.1. The first-order chi connectivity index (χ1) is 15.7. The highest BCUT2D eigenvalue weighted by molar-refractivity contribution is 7.09. The van der Waals surface area contributed by atoms with E-state index in [0.717, 1.165) is 73.1 Å². The molecule has 3 aromatic rings. The van der Waals surface area contributed by atoms with Gasteiger partial charge in [0.1, 0.15) is 10.5 Å². The number of ether oxygens (including phenoxy) is 1. The van der Waals surface area contributed by atoms with Crippen LogP contribution >= 0.6 is 11.3 Å². The van der Waals surface area contributed by atoms with Gasteiger partial charge < -0.3 is 14.5 Å². The van der Waals surface area contributed by atoms with Crippen LogP contribution in [0.15, 0.2) is 35.0 Å². The minimum Gasteiger partial charge on any atom is -0.378 e. The standard InChI is InChI=1S/C22H27N7O2S/c1-2-22(26-30,21-23-7-13-32-21)16-4-3-8-29(15-16)20-18-6-5-17(14-19(18)24-27-25-20)28-9-11-31-12-10-28/h5-7,13-14,16H,2-4,8-12,15H2,1H3. The van der Waals surface area contributed by atoms with E-state index in [9.17, 15) is 4.91 Å². The smallest absolute Gasteiger partial charge is 0.162 e. The summed E-state index contributed by atoms with van der Waals surface area (Å²) in [6.07, 6.45) is 4.29. The monoisotopic (exact) mass is 453 g/mol. The summed E-state index contributed by atoms with van der Waals surface area (Å²) in [5.74, 6) is 0.894. The average molecular weight is 454 g/mol. The highest BCUT2D eigenvalue weighted by atomic mass is 32.1. The Kier molecular flexibility index (Phi) is 5.97. The number of anilines is 2. The molecule has 2 unspecified atom stereocenters. The van der Waals surface area contributed by atoms with E-state index in [4.69, 9.17) is 4.74 Å². The first-order valence-electron chi connectivity index (χ1n) is 11.2.